The summed E-state index contributed by atoms with van der Waals surface area (Å²) in [5.74, 6) is 0.408. The van der Waals surface area contributed by atoms with Gasteiger partial charge in [0, 0.05) is 37.7 Å². The van der Waals surface area contributed by atoms with Gasteiger partial charge in [-0.1, -0.05) is 156 Å². The Bertz CT molecular complexity index is 1530. The van der Waals surface area contributed by atoms with Gasteiger partial charge in [0.2, 0.25) is 11.8 Å². The van der Waals surface area contributed by atoms with Gasteiger partial charge in [-0.05, 0) is 54.4 Å². The van der Waals surface area contributed by atoms with Crippen molar-refractivity contribution >= 4 is 39.5 Å². The highest BCUT2D eigenvalue weighted by Gasteiger charge is 2.28. The third kappa shape index (κ3) is 15.7. The zero-order valence-corrected chi connectivity index (χ0v) is 32.4. The summed E-state index contributed by atoms with van der Waals surface area (Å²) in [5.41, 5.74) is 11.1. The van der Waals surface area contributed by atoms with Gasteiger partial charge in [0.15, 0.2) is 0 Å². The molecule has 4 rings (SSSR count). The summed E-state index contributed by atoms with van der Waals surface area (Å²) in [6.45, 7) is 4.49. The number of hydrogen-bond acceptors (Lipinski definition) is 7. The summed E-state index contributed by atoms with van der Waals surface area (Å²) in [6.07, 6.45) is 3.90. The number of rotatable bonds is 23. The summed E-state index contributed by atoms with van der Waals surface area (Å²) in [6, 6.07) is 39.0. The lowest BCUT2D eigenvalue weighted by Crippen LogP contribution is -2.51. The van der Waals surface area contributed by atoms with Gasteiger partial charge in [0.25, 0.3) is 0 Å². The largest absolute Gasteiger partial charge is 0.450 e. The molecule has 3 amide bonds. The number of unbranched alkanes of at least 4 members (excludes halogenated alkanes) is 1. The van der Waals surface area contributed by atoms with E-state index in [0.717, 1.165) is 36.8 Å². The Morgan fingerprint density at radius 2 is 0.981 bits per heavy atom. The first-order chi connectivity index (χ1) is 25.9. The van der Waals surface area contributed by atoms with Crippen LogP contribution in [-0.2, 0) is 40.0 Å². The fourth-order valence-corrected chi connectivity index (χ4v) is 8.00. The van der Waals surface area contributed by atoms with Crippen molar-refractivity contribution in [2.45, 2.75) is 57.5 Å². The van der Waals surface area contributed by atoms with Crippen molar-refractivity contribution in [3.63, 3.8) is 0 Å². The molecular formula is C43H54N4O4S2. The van der Waals surface area contributed by atoms with Crippen LogP contribution in [0.25, 0.3) is 0 Å². The van der Waals surface area contributed by atoms with Crippen LogP contribution in [0.2, 0.25) is 0 Å². The Kier molecular flexibility index (Phi) is 18.9. The molecule has 0 saturated heterocycles. The Morgan fingerprint density at radius 1 is 0.604 bits per heavy atom. The quantitative estimate of drug-likeness (QED) is 0.0609. The number of carbonyl (C=O) groups excluding carboxylic acids is 3. The van der Waals surface area contributed by atoms with Gasteiger partial charge >= 0.3 is 6.09 Å². The molecule has 0 radical (unpaired) electrons. The second kappa shape index (κ2) is 24.1. The van der Waals surface area contributed by atoms with Crippen LogP contribution in [-0.4, -0.2) is 84.1 Å². The second-order valence-electron chi connectivity index (χ2n) is 13.0. The minimum atomic E-state index is -0.812. The van der Waals surface area contributed by atoms with E-state index >= 15 is 0 Å². The molecule has 2 atom stereocenters. The number of nitrogens with one attached hydrogen (secondary N) is 1. The molecule has 0 aromatic heterocycles. The van der Waals surface area contributed by atoms with E-state index in [2.05, 4.69) is 53.8 Å². The van der Waals surface area contributed by atoms with Crippen molar-refractivity contribution in [3.05, 3.63) is 144 Å². The van der Waals surface area contributed by atoms with Crippen molar-refractivity contribution < 1.29 is 19.1 Å². The van der Waals surface area contributed by atoms with Crippen LogP contribution in [0.3, 0.4) is 0 Å². The van der Waals surface area contributed by atoms with Crippen molar-refractivity contribution in [3.8, 4) is 0 Å². The number of nitrogens with zero attached hydrogens (tertiary/aromatic N) is 2. The van der Waals surface area contributed by atoms with E-state index in [4.69, 9.17) is 10.5 Å². The van der Waals surface area contributed by atoms with E-state index in [1.807, 2.05) is 89.5 Å². The highest BCUT2D eigenvalue weighted by molar-refractivity contribution is 8.76. The smallest absolute Gasteiger partial charge is 0.407 e. The van der Waals surface area contributed by atoms with E-state index in [0.29, 0.717) is 57.1 Å². The van der Waals surface area contributed by atoms with Crippen molar-refractivity contribution in [2.75, 3.05) is 44.3 Å². The van der Waals surface area contributed by atoms with Crippen LogP contribution in [0, 0.1) is 0 Å². The van der Waals surface area contributed by atoms with Crippen molar-refractivity contribution in [1.29, 1.82) is 0 Å². The maximum absolute atomic E-state index is 14.2. The third-order valence-electron chi connectivity index (χ3n) is 8.88. The molecule has 8 nitrogen and oxygen atoms in total. The SMILES string of the molecule is CCCCOC(=O)N[C@@H](CSSCC(N)C(=O)N(CCc1ccccc1)CCc1ccccc1)C(=O)N(CCc1ccccc1)CCc1ccccc1. The molecule has 3 N–H and O–H groups in total. The molecule has 53 heavy (non-hydrogen) atoms. The Hall–Kier alpha value is -4.25. The first-order valence-electron chi connectivity index (χ1n) is 18.6. The van der Waals surface area contributed by atoms with Gasteiger partial charge in [-0.15, -0.1) is 0 Å². The molecule has 0 spiro atoms. The fourth-order valence-electron chi connectivity index (χ4n) is 5.73. The predicted molar refractivity (Wildman–Crippen MR) is 220 cm³/mol. The summed E-state index contributed by atoms with van der Waals surface area (Å²) < 4.78 is 5.41. The van der Waals surface area contributed by atoms with Gasteiger partial charge < -0.3 is 25.6 Å². The highest BCUT2D eigenvalue weighted by atomic mass is 33.1. The van der Waals surface area contributed by atoms with E-state index in [9.17, 15) is 14.4 Å². The molecule has 4 aromatic rings. The van der Waals surface area contributed by atoms with Gasteiger partial charge in [-0.3, -0.25) is 9.59 Å². The summed E-state index contributed by atoms with van der Waals surface area (Å²) in [7, 11) is 2.88. The predicted octanol–water partition coefficient (Wildman–Crippen LogP) is 7.22. The van der Waals surface area contributed by atoms with Crippen LogP contribution < -0.4 is 11.1 Å². The number of amides is 3. The molecule has 0 saturated carbocycles. The maximum atomic E-state index is 14.2. The molecular weight excluding hydrogens is 701 g/mol. The van der Waals surface area contributed by atoms with E-state index in [1.54, 1.807) is 0 Å². The minimum Gasteiger partial charge on any atom is -0.450 e. The van der Waals surface area contributed by atoms with E-state index < -0.39 is 18.2 Å². The number of alkyl carbamates (subject to hydrolysis) is 1. The average Bonchev–Trinajstić information content (AvgIpc) is 3.20. The zero-order chi connectivity index (χ0) is 37.5. The lowest BCUT2D eigenvalue weighted by molar-refractivity contribution is -0.133. The number of carbonyl (C=O) groups is 3. The number of ether oxygens (including phenoxy) is 1. The topological polar surface area (TPSA) is 105 Å². The van der Waals surface area contributed by atoms with E-state index in [-0.39, 0.29) is 11.8 Å². The molecule has 10 heteroatoms. The highest BCUT2D eigenvalue weighted by Crippen LogP contribution is 2.24. The Balaban J connectivity index is 1.38. The summed E-state index contributed by atoms with van der Waals surface area (Å²) in [4.78, 5) is 44.5. The normalized spacial score (nSPS) is 12.0. The van der Waals surface area contributed by atoms with Crippen molar-refractivity contribution in [1.82, 2.24) is 15.1 Å². The lowest BCUT2D eigenvalue weighted by atomic mass is 10.1. The first kappa shape index (κ1) is 41.5. The zero-order valence-electron chi connectivity index (χ0n) is 30.8. The molecule has 0 aliphatic heterocycles. The average molecular weight is 755 g/mol. The van der Waals surface area contributed by atoms with Gasteiger partial charge in [-0.25, -0.2) is 4.79 Å². The van der Waals surface area contributed by atoms with Gasteiger partial charge in [0.1, 0.15) is 6.04 Å². The summed E-state index contributed by atoms with van der Waals surface area (Å²) in [5, 5.41) is 2.85. The standard InChI is InChI=1S/C43H54N4O4S2/c1-2-3-32-51-43(50)45-40(42(49)47(30-26-37-20-12-6-13-21-37)31-27-38-22-14-7-15-23-38)34-53-52-33-39(44)41(48)46(28-24-35-16-8-4-9-17-35)29-25-36-18-10-5-11-19-36/h4-23,39-40H,2-3,24-34,44H2,1H3,(H,45,50)/t39?,40-/m0/s1. The lowest BCUT2D eigenvalue weighted by Gasteiger charge is -2.28. The van der Waals surface area contributed by atoms with Crippen LogP contribution >= 0.6 is 21.6 Å². The third-order valence-corrected chi connectivity index (χ3v) is 11.3. The van der Waals surface area contributed by atoms with Crippen LogP contribution in [0.1, 0.15) is 42.0 Å². The molecule has 0 heterocycles. The Labute approximate surface area is 323 Å². The monoisotopic (exact) mass is 754 g/mol. The molecule has 282 valence electrons. The molecule has 0 bridgehead atoms. The van der Waals surface area contributed by atoms with Gasteiger partial charge in [-0.2, -0.15) is 0 Å². The molecule has 1 unspecified atom stereocenters. The number of benzene rings is 4. The van der Waals surface area contributed by atoms with Crippen LogP contribution in [0.4, 0.5) is 4.79 Å². The minimum absolute atomic E-state index is 0.0942. The molecule has 0 fully saturated rings. The van der Waals surface area contributed by atoms with Crippen LogP contribution in [0.5, 0.6) is 0 Å². The number of hydrogen-bond donors (Lipinski definition) is 2. The second-order valence-corrected chi connectivity index (χ2v) is 15.5. The van der Waals surface area contributed by atoms with Crippen molar-refractivity contribution in [2.24, 2.45) is 5.73 Å². The van der Waals surface area contributed by atoms with E-state index in [1.165, 1.54) is 32.7 Å². The molecule has 0 aliphatic carbocycles. The molecule has 4 aromatic carbocycles. The first-order valence-corrected chi connectivity index (χ1v) is 21.1. The van der Waals surface area contributed by atoms with Crippen LogP contribution in [0.15, 0.2) is 121 Å². The van der Waals surface area contributed by atoms with Gasteiger partial charge in [0.05, 0.1) is 12.6 Å². The number of nitrogens with two attached hydrogens (primary N) is 1. The maximum Gasteiger partial charge on any atom is 0.407 e. The fraction of sp³-hybridized carbons (Fsp3) is 0.372. The Morgan fingerprint density at radius 3 is 1.38 bits per heavy atom. The molecule has 0 aliphatic rings. The summed E-state index contributed by atoms with van der Waals surface area (Å²) >= 11 is 0.